The van der Waals surface area contributed by atoms with Crippen LogP contribution in [0.4, 0.5) is 18.9 Å². The number of amides is 1. The molecule has 0 bridgehead atoms. The van der Waals surface area contributed by atoms with Crippen molar-refractivity contribution < 1.29 is 18.0 Å². The van der Waals surface area contributed by atoms with Crippen LogP contribution in [-0.2, 0) is 6.18 Å². The van der Waals surface area contributed by atoms with Crippen molar-refractivity contribution in [2.24, 2.45) is 0 Å². The van der Waals surface area contributed by atoms with Crippen LogP contribution in [-0.4, -0.2) is 30.0 Å². The van der Waals surface area contributed by atoms with Gasteiger partial charge in [-0.25, -0.2) is 4.98 Å². The van der Waals surface area contributed by atoms with Crippen molar-refractivity contribution in [1.82, 2.24) is 15.6 Å². The number of rotatable bonds is 5. The summed E-state index contributed by atoms with van der Waals surface area (Å²) in [4.78, 5) is 16.6. The monoisotopic (exact) mass is 406 g/mol. The summed E-state index contributed by atoms with van der Waals surface area (Å²) in [6.07, 6.45) is 1.36. The molecule has 5 nitrogen and oxygen atoms in total. The maximum absolute atomic E-state index is 13.7. The third-order valence-electron chi connectivity index (χ3n) is 5.75. The summed E-state index contributed by atoms with van der Waals surface area (Å²) in [6, 6.07) is 4.56. The Bertz CT molecular complexity index is 918. The Balaban J connectivity index is 1.58. The van der Waals surface area contributed by atoms with E-state index in [4.69, 9.17) is 5.73 Å². The van der Waals surface area contributed by atoms with E-state index in [9.17, 15) is 18.0 Å². The summed E-state index contributed by atoms with van der Waals surface area (Å²) in [5.41, 5.74) is 5.64. The zero-order valence-electron chi connectivity index (χ0n) is 16.1. The molecule has 1 saturated heterocycles. The standard InChI is InChI=1S/C21H25F3N4O/c22-21(23,24)16-10-13(12-4-5-12)9-15-17(25)11-18(28-19(15)16)20(29)27-8-6-14-3-1-2-7-26-14/h9-12,14,26H,1-8H2,(H2,25,28)(H,27,29). The van der Waals surface area contributed by atoms with Gasteiger partial charge in [-0.2, -0.15) is 13.2 Å². The van der Waals surface area contributed by atoms with Crippen LogP contribution in [0.2, 0.25) is 0 Å². The molecule has 4 N–H and O–H groups in total. The predicted octanol–water partition coefficient (Wildman–Crippen LogP) is 3.98. The predicted molar refractivity (Wildman–Crippen MR) is 106 cm³/mol. The number of benzene rings is 1. The minimum atomic E-state index is -4.57. The number of fused-ring (bicyclic) bond motifs is 1. The number of hydrogen-bond donors (Lipinski definition) is 3. The molecular weight excluding hydrogens is 381 g/mol. The lowest BCUT2D eigenvalue weighted by Crippen LogP contribution is -2.37. The minimum Gasteiger partial charge on any atom is -0.398 e. The van der Waals surface area contributed by atoms with Gasteiger partial charge in [0.05, 0.1) is 11.1 Å². The second-order valence-electron chi connectivity index (χ2n) is 8.02. The normalized spacial score (nSPS) is 20.0. The van der Waals surface area contributed by atoms with E-state index in [1.807, 2.05) is 0 Å². The first-order valence-electron chi connectivity index (χ1n) is 10.2. The van der Waals surface area contributed by atoms with E-state index in [2.05, 4.69) is 15.6 Å². The minimum absolute atomic E-state index is 0.0868. The van der Waals surface area contributed by atoms with Gasteiger partial charge < -0.3 is 16.4 Å². The van der Waals surface area contributed by atoms with Gasteiger partial charge in [-0.1, -0.05) is 6.42 Å². The molecule has 1 saturated carbocycles. The maximum Gasteiger partial charge on any atom is 0.418 e. The molecule has 8 heteroatoms. The lowest BCUT2D eigenvalue weighted by molar-refractivity contribution is -0.136. The van der Waals surface area contributed by atoms with E-state index in [-0.39, 0.29) is 28.2 Å². The first kappa shape index (κ1) is 19.9. The molecule has 1 atom stereocenters. The number of hydrogen-bond acceptors (Lipinski definition) is 4. The molecule has 0 spiro atoms. The molecule has 2 heterocycles. The van der Waals surface area contributed by atoms with Crippen LogP contribution >= 0.6 is 0 Å². The largest absolute Gasteiger partial charge is 0.418 e. The Morgan fingerprint density at radius 2 is 2.00 bits per heavy atom. The first-order valence-corrected chi connectivity index (χ1v) is 10.2. The number of carbonyl (C=O) groups is 1. The van der Waals surface area contributed by atoms with Gasteiger partial charge in [0.1, 0.15) is 5.69 Å². The lowest BCUT2D eigenvalue weighted by atomic mass is 10.00. The van der Waals surface area contributed by atoms with E-state index in [0.29, 0.717) is 18.2 Å². The number of piperidine rings is 1. The molecule has 1 amide bonds. The van der Waals surface area contributed by atoms with Gasteiger partial charge in [0.25, 0.3) is 5.91 Å². The van der Waals surface area contributed by atoms with Crippen molar-refractivity contribution in [3.8, 4) is 0 Å². The van der Waals surface area contributed by atoms with Gasteiger partial charge in [-0.15, -0.1) is 0 Å². The Morgan fingerprint density at radius 1 is 1.21 bits per heavy atom. The molecule has 29 heavy (non-hydrogen) atoms. The quantitative estimate of drug-likeness (QED) is 0.702. The topological polar surface area (TPSA) is 80.0 Å². The van der Waals surface area contributed by atoms with Gasteiger partial charge in [0, 0.05) is 23.7 Å². The smallest absolute Gasteiger partial charge is 0.398 e. The van der Waals surface area contributed by atoms with E-state index in [0.717, 1.165) is 51.1 Å². The molecule has 0 radical (unpaired) electrons. The number of carbonyl (C=O) groups excluding carboxylic acids is 1. The molecular formula is C21H25F3N4O. The Kier molecular flexibility index (Phi) is 5.38. The Labute approximate surface area is 167 Å². The molecule has 156 valence electrons. The molecule has 2 aliphatic rings. The first-order chi connectivity index (χ1) is 13.8. The van der Waals surface area contributed by atoms with Crippen LogP contribution in [0, 0.1) is 0 Å². The Hall–Kier alpha value is -2.35. The molecule has 1 aromatic carbocycles. The number of alkyl halides is 3. The van der Waals surface area contributed by atoms with E-state index >= 15 is 0 Å². The van der Waals surface area contributed by atoms with Crippen molar-refractivity contribution in [1.29, 1.82) is 0 Å². The van der Waals surface area contributed by atoms with Crippen molar-refractivity contribution in [2.75, 3.05) is 18.8 Å². The lowest BCUT2D eigenvalue weighted by Gasteiger charge is -2.23. The summed E-state index contributed by atoms with van der Waals surface area (Å²) < 4.78 is 41.0. The van der Waals surface area contributed by atoms with Crippen molar-refractivity contribution in [2.45, 2.75) is 56.7 Å². The summed E-state index contributed by atoms with van der Waals surface area (Å²) in [6.45, 7) is 1.41. The number of nitrogens with two attached hydrogens (primary N) is 1. The van der Waals surface area contributed by atoms with Gasteiger partial charge >= 0.3 is 6.18 Å². The number of pyridine rings is 1. The van der Waals surface area contributed by atoms with Crippen LogP contribution in [0.25, 0.3) is 10.9 Å². The van der Waals surface area contributed by atoms with Crippen molar-refractivity contribution in [3.63, 3.8) is 0 Å². The highest BCUT2D eigenvalue weighted by atomic mass is 19.4. The summed E-state index contributed by atoms with van der Waals surface area (Å²) >= 11 is 0. The fourth-order valence-electron chi connectivity index (χ4n) is 3.98. The number of nitrogens with one attached hydrogen (secondary N) is 2. The molecule has 4 rings (SSSR count). The molecule has 1 aromatic heterocycles. The van der Waals surface area contributed by atoms with Gasteiger partial charge in [0.2, 0.25) is 0 Å². The number of halogens is 3. The van der Waals surface area contributed by atoms with Crippen molar-refractivity contribution in [3.05, 3.63) is 35.0 Å². The van der Waals surface area contributed by atoms with Crippen LogP contribution in [0.15, 0.2) is 18.2 Å². The van der Waals surface area contributed by atoms with Crippen LogP contribution in [0.1, 0.15) is 66.1 Å². The SMILES string of the molecule is Nc1cc(C(=O)NCCC2CCCCN2)nc2c(C(F)(F)F)cc(C3CC3)cc12. The highest BCUT2D eigenvalue weighted by molar-refractivity contribution is 6.00. The van der Waals surface area contributed by atoms with Crippen LogP contribution in [0.3, 0.4) is 0 Å². The summed E-state index contributed by atoms with van der Waals surface area (Å²) in [5, 5.41) is 6.41. The highest BCUT2D eigenvalue weighted by Gasteiger charge is 2.36. The van der Waals surface area contributed by atoms with Crippen molar-refractivity contribution >= 4 is 22.5 Å². The number of nitrogens with zero attached hydrogens (tertiary/aromatic N) is 1. The molecule has 2 fully saturated rings. The number of anilines is 1. The molecule has 1 aliphatic carbocycles. The van der Waals surface area contributed by atoms with Gasteiger partial charge in [0.15, 0.2) is 0 Å². The second kappa shape index (κ2) is 7.82. The zero-order valence-corrected chi connectivity index (χ0v) is 16.1. The Morgan fingerprint density at radius 3 is 2.66 bits per heavy atom. The van der Waals surface area contributed by atoms with Crippen LogP contribution < -0.4 is 16.4 Å². The summed E-state index contributed by atoms with van der Waals surface area (Å²) in [7, 11) is 0. The van der Waals surface area contributed by atoms with E-state index < -0.39 is 17.6 Å². The number of aromatic nitrogens is 1. The highest BCUT2D eigenvalue weighted by Crippen LogP contribution is 2.45. The fraction of sp³-hybridized carbons (Fsp3) is 0.524. The van der Waals surface area contributed by atoms with Gasteiger partial charge in [-0.05, 0) is 68.3 Å². The molecule has 2 aromatic rings. The second-order valence-corrected chi connectivity index (χ2v) is 8.02. The average molecular weight is 406 g/mol. The van der Waals surface area contributed by atoms with E-state index in [1.54, 1.807) is 6.07 Å². The zero-order chi connectivity index (χ0) is 20.6. The molecule has 1 unspecified atom stereocenters. The third kappa shape index (κ3) is 4.47. The molecule has 1 aliphatic heterocycles. The van der Waals surface area contributed by atoms with Gasteiger partial charge in [-0.3, -0.25) is 4.79 Å². The summed E-state index contributed by atoms with van der Waals surface area (Å²) in [5.74, 6) is -0.356. The van der Waals surface area contributed by atoms with E-state index in [1.165, 1.54) is 6.07 Å². The maximum atomic E-state index is 13.7. The fourth-order valence-corrected chi connectivity index (χ4v) is 3.98. The number of nitrogen functional groups attached to an aromatic ring is 1. The third-order valence-corrected chi connectivity index (χ3v) is 5.75. The van der Waals surface area contributed by atoms with Crippen LogP contribution in [0.5, 0.6) is 0 Å². The average Bonchev–Trinajstić information content (AvgIpc) is 3.52.